The fourth-order valence-corrected chi connectivity index (χ4v) is 3.27. The van der Waals surface area contributed by atoms with Gasteiger partial charge in [0.05, 0.1) is 5.56 Å². The summed E-state index contributed by atoms with van der Waals surface area (Å²) in [5.41, 5.74) is 2.14. The van der Waals surface area contributed by atoms with Gasteiger partial charge < -0.3 is 10.2 Å². The number of anilines is 1. The molecule has 1 amide bonds. The molecule has 1 N–H and O–H groups in total. The first kappa shape index (κ1) is 17.1. The predicted molar refractivity (Wildman–Crippen MR) is 98.0 cm³/mol. The molecule has 0 bridgehead atoms. The quantitative estimate of drug-likeness (QED) is 0.852. The maximum atomic E-state index is 12.4. The van der Waals surface area contributed by atoms with Crippen molar-refractivity contribution in [1.82, 2.24) is 10.3 Å². The summed E-state index contributed by atoms with van der Waals surface area (Å²) in [5, 5.41) is 3.00. The molecule has 0 unspecified atom stereocenters. The van der Waals surface area contributed by atoms with Crippen molar-refractivity contribution in [2.75, 3.05) is 24.5 Å². The summed E-state index contributed by atoms with van der Waals surface area (Å²) < 4.78 is 0. The highest BCUT2D eigenvalue weighted by atomic mass is 16.2. The summed E-state index contributed by atoms with van der Waals surface area (Å²) in [6.45, 7) is 4.10. The lowest BCUT2D eigenvalue weighted by Gasteiger charge is -2.33. The number of amides is 1. The molecular weight excluding hydrogens is 314 g/mol. The number of piperidine rings is 1. The lowest BCUT2D eigenvalue weighted by atomic mass is 9.96. The van der Waals surface area contributed by atoms with Gasteiger partial charge in [-0.2, -0.15) is 0 Å². The van der Waals surface area contributed by atoms with Gasteiger partial charge in [-0.05, 0) is 43.9 Å². The van der Waals surface area contributed by atoms with E-state index in [9.17, 15) is 9.59 Å². The number of nitrogens with one attached hydrogen (secondary N) is 1. The van der Waals surface area contributed by atoms with Crippen molar-refractivity contribution in [3.63, 3.8) is 0 Å². The normalized spacial score (nSPS) is 15.0. The molecule has 0 radical (unpaired) electrons. The summed E-state index contributed by atoms with van der Waals surface area (Å²) in [5.74, 6) is 0.213. The molecule has 1 aromatic carbocycles. The molecule has 2 aromatic rings. The Labute approximate surface area is 148 Å². The van der Waals surface area contributed by atoms with Gasteiger partial charge in [-0.25, -0.2) is 0 Å². The zero-order valence-electron chi connectivity index (χ0n) is 14.4. The van der Waals surface area contributed by atoms with Gasteiger partial charge in [-0.3, -0.25) is 14.6 Å². The molecule has 3 rings (SSSR count). The molecule has 1 fully saturated rings. The standard InChI is InChI=1S/C20H23N3O2/c1-15(24)18-4-2-3-5-19(18)20(25)22-14-16-8-12-23(13-9-16)17-6-10-21-11-7-17/h2-7,10-11,16H,8-9,12-14H2,1H3,(H,22,25). The van der Waals surface area contributed by atoms with Crippen LogP contribution in [0.1, 0.15) is 40.5 Å². The number of carbonyl (C=O) groups excluding carboxylic acids is 2. The van der Waals surface area contributed by atoms with Gasteiger partial charge in [0.15, 0.2) is 5.78 Å². The van der Waals surface area contributed by atoms with E-state index in [1.807, 2.05) is 24.5 Å². The first-order chi connectivity index (χ1) is 12.1. The molecule has 0 saturated carbocycles. The van der Waals surface area contributed by atoms with Crippen LogP contribution < -0.4 is 10.2 Å². The average Bonchev–Trinajstić information content (AvgIpc) is 2.67. The number of nitrogens with zero attached hydrogens (tertiary/aromatic N) is 2. The molecule has 1 saturated heterocycles. The third-order valence-electron chi connectivity index (χ3n) is 4.74. The van der Waals surface area contributed by atoms with E-state index in [2.05, 4.69) is 15.2 Å². The van der Waals surface area contributed by atoms with E-state index in [4.69, 9.17) is 0 Å². The Balaban J connectivity index is 1.52. The molecule has 1 aliphatic rings. The second-order valence-corrected chi connectivity index (χ2v) is 6.45. The van der Waals surface area contributed by atoms with Crippen LogP contribution in [0.2, 0.25) is 0 Å². The van der Waals surface area contributed by atoms with Crippen LogP contribution in [0.3, 0.4) is 0 Å². The lowest BCUT2D eigenvalue weighted by Crippen LogP contribution is -2.38. The Bertz CT molecular complexity index is 738. The maximum Gasteiger partial charge on any atom is 0.252 e. The second-order valence-electron chi connectivity index (χ2n) is 6.45. The van der Waals surface area contributed by atoms with Crippen LogP contribution in [0.5, 0.6) is 0 Å². The Morgan fingerprint density at radius 2 is 1.72 bits per heavy atom. The monoisotopic (exact) mass is 337 g/mol. The van der Waals surface area contributed by atoms with E-state index in [1.165, 1.54) is 12.6 Å². The molecule has 0 atom stereocenters. The van der Waals surface area contributed by atoms with Gasteiger partial charge in [-0.15, -0.1) is 0 Å². The van der Waals surface area contributed by atoms with Gasteiger partial charge in [0.25, 0.3) is 5.91 Å². The summed E-state index contributed by atoms with van der Waals surface area (Å²) in [6, 6.07) is 11.0. The Morgan fingerprint density at radius 1 is 1.08 bits per heavy atom. The third kappa shape index (κ3) is 4.24. The van der Waals surface area contributed by atoms with E-state index in [1.54, 1.807) is 24.3 Å². The molecule has 1 aromatic heterocycles. The van der Waals surface area contributed by atoms with Crippen molar-refractivity contribution in [2.45, 2.75) is 19.8 Å². The number of rotatable bonds is 5. The van der Waals surface area contributed by atoms with Crippen molar-refractivity contribution < 1.29 is 9.59 Å². The summed E-state index contributed by atoms with van der Waals surface area (Å²) in [7, 11) is 0. The molecule has 5 nitrogen and oxygen atoms in total. The van der Waals surface area contributed by atoms with Gasteiger partial charge in [-0.1, -0.05) is 18.2 Å². The number of ketones is 1. The molecule has 5 heteroatoms. The van der Waals surface area contributed by atoms with Gasteiger partial charge in [0.2, 0.25) is 0 Å². The smallest absolute Gasteiger partial charge is 0.252 e. The minimum absolute atomic E-state index is 0.0867. The van der Waals surface area contributed by atoms with Crippen LogP contribution in [0.25, 0.3) is 0 Å². The van der Waals surface area contributed by atoms with E-state index in [0.717, 1.165) is 25.9 Å². The van der Waals surface area contributed by atoms with Crippen molar-refractivity contribution in [2.24, 2.45) is 5.92 Å². The highest BCUT2D eigenvalue weighted by Gasteiger charge is 2.21. The number of Topliss-reactive ketones (excluding diaryl/α,β-unsaturated/α-hetero) is 1. The largest absolute Gasteiger partial charge is 0.371 e. The van der Waals surface area contributed by atoms with Crippen LogP contribution in [0, 0.1) is 5.92 Å². The predicted octanol–water partition coefficient (Wildman–Crippen LogP) is 2.93. The van der Waals surface area contributed by atoms with Crippen LogP contribution in [-0.2, 0) is 0 Å². The molecule has 1 aliphatic heterocycles. The number of hydrogen-bond donors (Lipinski definition) is 1. The van der Waals surface area contributed by atoms with Crippen molar-refractivity contribution in [1.29, 1.82) is 0 Å². The van der Waals surface area contributed by atoms with Crippen molar-refractivity contribution >= 4 is 17.4 Å². The molecule has 25 heavy (non-hydrogen) atoms. The van der Waals surface area contributed by atoms with Crippen molar-refractivity contribution in [3.8, 4) is 0 Å². The fourth-order valence-electron chi connectivity index (χ4n) is 3.27. The van der Waals surface area contributed by atoms with Crippen LogP contribution >= 0.6 is 0 Å². The third-order valence-corrected chi connectivity index (χ3v) is 4.74. The highest BCUT2D eigenvalue weighted by Crippen LogP contribution is 2.22. The molecule has 0 spiro atoms. The molecule has 0 aliphatic carbocycles. The molecular formula is C20H23N3O2. The number of aromatic nitrogens is 1. The Kier molecular flexibility index (Phi) is 5.43. The number of hydrogen-bond acceptors (Lipinski definition) is 4. The first-order valence-electron chi connectivity index (χ1n) is 8.68. The number of benzene rings is 1. The minimum atomic E-state index is -0.164. The number of carbonyl (C=O) groups is 2. The summed E-state index contributed by atoms with van der Waals surface area (Å²) in [4.78, 5) is 30.5. The van der Waals surface area contributed by atoms with Gasteiger partial charge >= 0.3 is 0 Å². The maximum absolute atomic E-state index is 12.4. The first-order valence-corrected chi connectivity index (χ1v) is 8.68. The molecule has 2 heterocycles. The van der Waals surface area contributed by atoms with Gasteiger partial charge in [0, 0.05) is 43.3 Å². The average molecular weight is 337 g/mol. The lowest BCUT2D eigenvalue weighted by molar-refractivity contribution is 0.0931. The Hall–Kier alpha value is -2.69. The highest BCUT2D eigenvalue weighted by molar-refractivity contribution is 6.07. The van der Waals surface area contributed by atoms with Crippen LogP contribution in [0.15, 0.2) is 48.8 Å². The Morgan fingerprint density at radius 3 is 2.36 bits per heavy atom. The van der Waals surface area contributed by atoms with Crippen LogP contribution in [-0.4, -0.2) is 36.3 Å². The topological polar surface area (TPSA) is 62.3 Å². The summed E-state index contributed by atoms with van der Waals surface area (Å²) >= 11 is 0. The van der Waals surface area contributed by atoms with Gasteiger partial charge in [0.1, 0.15) is 0 Å². The molecule has 130 valence electrons. The van der Waals surface area contributed by atoms with Crippen LogP contribution in [0.4, 0.5) is 5.69 Å². The van der Waals surface area contributed by atoms with E-state index >= 15 is 0 Å². The van der Waals surface area contributed by atoms with Crippen molar-refractivity contribution in [3.05, 3.63) is 59.9 Å². The SMILES string of the molecule is CC(=O)c1ccccc1C(=O)NCC1CCN(c2ccncc2)CC1. The van der Waals surface area contributed by atoms with E-state index in [0.29, 0.717) is 23.6 Å². The fraction of sp³-hybridized carbons (Fsp3) is 0.350. The minimum Gasteiger partial charge on any atom is -0.371 e. The zero-order valence-corrected chi connectivity index (χ0v) is 14.4. The van der Waals surface area contributed by atoms with E-state index in [-0.39, 0.29) is 11.7 Å². The van der Waals surface area contributed by atoms with E-state index < -0.39 is 0 Å². The zero-order chi connectivity index (χ0) is 17.6. The summed E-state index contributed by atoms with van der Waals surface area (Å²) in [6.07, 6.45) is 5.70. The second kappa shape index (κ2) is 7.92. The number of pyridine rings is 1.